The van der Waals surface area contributed by atoms with E-state index in [0.29, 0.717) is 0 Å². The van der Waals surface area contributed by atoms with E-state index in [1.54, 1.807) is 20.8 Å². The van der Waals surface area contributed by atoms with Crippen molar-refractivity contribution in [3.05, 3.63) is 35.9 Å². The lowest BCUT2D eigenvalue weighted by atomic mass is 10.1. The van der Waals surface area contributed by atoms with Crippen LogP contribution in [-0.2, 0) is 30.4 Å². The zero-order valence-electron chi connectivity index (χ0n) is 18.2. The highest BCUT2D eigenvalue weighted by Gasteiger charge is 2.29. The van der Waals surface area contributed by atoms with Crippen molar-refractivity contribution >= 4 is 26.1 Å². The van der Waals surface area contributed by atoms with E-state index in [0.717, 1.165) is 11.6 Å². The molecule has 8 heteroatoms. The van der Waals surface area contributed by atoms with Crippen LogP contribution in [0.1, 0.15) is 32.8 Å². The van der Waals surface area contributed by atoms with E-state index < -0.39 is 37.7 Å². The summed E-state index contributed by atoms with van der Waals surface area (Å²) < 4.78 is 15.7. The van der Waals surface area contributed by atoms with Gasteiger partial charge in [-0.2, -0.15) is 0 Å². The number of benzene rings is 1. The number of nitrogens with one attached hydrogen (secondary N) is 1. The topological polar surface area (TPSA) is 90.9 Å². The number of rotatable bonds is 9. The maximum absolute atomic E-state index is 12.5. The van der Waals surface area contributed by atoms with Gasteiger partial charge in [0.1, 0.15) is 18.2 Å². The fourth-order valence-corrected chi connectivity index (χ4v) is 2.92. The van der Waals surface area contributed by atoms with E-state index in [-0.39, 0.29) is 19.6 Å². The molecule has 0 radical (unpaired) electrons. The Hall–Kier alpha value is -2.35. The largest absolute Gasteiger partial charge is 0.464 e. The summed E-state index contributed by atoms with van der Waals surface area (Å²) in [7, 11) is -1.39. The van der Waals surface area contributed by atoms with E-state index in [1.165, 1.54) is 0 Å². The number of alkyl carbamates (subject to hydrolysis) is 1. The highest BCUT2D eigenvalue weighted by molar-refractivity contribution is 6.76. The quantitative estimate of drug-likeness (QED) is 0.368. The van der Waals surface area contributed by atoms with Gasteiger partial charge in [0.15, 0.2) is 0 Å². The first-order valence-electron chi connectivity index (χ1n) is 9.71. The molecule has 0 aromatic heterocycles. The van der Waals surface area contributed by atoms with Gasteiger partial charge in [-0.05, 0) is 32.4 Å². The predicted octanol–water partition coefficient (Wildman–Crippen LogP) is 3.89. The maximum atomic E-state index is 12.5. The minimum Gasteiger partial charge on any atom is -0.464 e. The van der Waals surface area contributed by atoms with Gasteiger partial charge in [-0.15, -0.1) is 0 Å². The normalized spacial score (nSPS) is 12.6. The van der Waals surface area contributed by atoms with Crippen LogP contribution in [0.15, 0.2) is 30.3 Å². The van der Waals surface area contributed by atoms with Crippen LogP contribution in [0, 0.1) is 0 Å². The Labute approximate surface area is 174 Å². The summed E-state index contributed by atoms with van der Waals surface area (Å²) in [5, 5.41) is 2.43. The van der Waals surface area contributed by atoms with E-state index in [9.17, 15) is 14.4 Å². The van der Waals surface area contributed by atoms with Gasteiger partial charge in [-0.25, -0.2) is 9.59 Å². The maximum Gasteiger partial charge on any atom is 0.408 e. The van der Waals surface area contributed by atoms with E-state index in [2.05, 4.69) is 25.0 Å². The molecule has 1 N–H and O–H groups in total. The molecule has 1 aromatic rings. The lowest BCUT2D eigenvalue weighted by Crippen LogP contribution is -2.44. The van der Waals surface area contributed by atoms with Crippen molar-refractivity contribution in [1.29, 1.82) is 0 Å². The summed E-state index contributed by atoms with van der Waals surface area (Å²) in [6.07, 6.45) is -1.13. The van der Waals surface area contributed by atoms with Crippen molar-refractivity contribution in [1.82, 2.24) is 5.32 Å². The summed E-state index contributed by atoms with van der Waals surface area (Å²) in [5.74, 6) is -1.28. The monoisotopic (exact) mass is 423 g/mol. The summed E-state index contributed by atoms with van der Waals surface area (Å²) in [4.78, 5) is 36.8. The highest BCUT2D eigenvalue weighted by atomic mass is 28.3. The first kappa shape index (κ1) is 24.7. The first-order chi connectivity index (χ1) is 13.4. The standard InChI is InChI=1S/C21H33NO6Si/c1-21(2,3)28-18(23)14-17(19(24)26-12-13-29(4,5)6)22-20(25)27-15-16-10-8-7-9-11-16/h7-11,17H,12-15H2,1-6H3,(H,22,25)/t17-/m0/s1. The Morgan fingerprint density at radius 3 is 2.21 bits per heavy atom. The van der Waals surface area contributed by atoms with Crippen LogP contribution in [0.5, 0.6) is 0 Å². The second-order valence-corrected chi connectivity index (χ2v) is 14.6. The lowest BCUT2D eigenvalue weighted by Gasteiger charge is -2.22. The second kappa shape index (κ2) is 11.0. The predicted molar refractivity (Wildman–Crippen MR) is 113 cm³/mol. The third-order valence-electron chi connectivity index (χ3n) is 3.68. The number of hydrogen-bond donors (Lipinski definition) is 1. The number of amides is 1. The molecule has 0 saturated carbocycles. The zero-order chi connectivity index (χ0) is 22.1. The van der Waals surface area contributed by atoms with Crippen molar-refractivity contribution in [3.8, 4) is 0 Å². The average Bonchev–Trinajstić information content (AvgIpc) is 2.57. The Balaban J connectivity index is 2.68. The molecule has 0 saturated heterocycles. The fraction of sp³-hybridized carbons (Fsp3) is 0.571. The van der Waals surface area contributed by atoms with Gasteiger partial charge in [0.2, 0.25) is 0 Å². The van der Waals surface area contributed by atoms with Crippen LogP contribution in [0.4, 0.5) is 4.79 Å². The zero-order valence-corrected chi connectivity index (χ0v) is 19.2. The molecule has 0 bridgehead atoms. The van der Waals surface area contributed by atoms with E-state index in [4.69, 9.17) is 14.2 Å². The Morgan fingerprint density at radius 2 is 1.66 bits per heavy atom. The molecule has 162 valence electrons. The Bertz CT molecular complexity index is 679. The van der Waals surface area contributed by atoms with Gasteiger partial charge >= 0.3 is 18.0 Å². The number of carbonyl (C=O) groups excluding carboxylic acids is 3. The molecule has 1 amide bonds. The van der Waals surface area contributed by atoms with Crippen molar-refractivity contribution in [3.63, 3.8) is 0 Å². The molecule has 0 unspecified atom stereocenters. The van der Waals surface area contributed by atoms with Gasteiger partial charge in [0.05, 0.1) is 13.0 Å². The van der Waals surface area contributed by atoms with E-state index in [1.807, 2.05) is 30.3 Å². The summed E-state index contributed by atoms with van der Waals surface area (Å²) in [6.45, 7) is 12.0. The van der Waals surface area contributed by atoms with Crippen molar-refractivity contribution < 1.29 is 28.6 Å². The average molecular weight is 424 g/mol. The molecule has 0 spiro atoms. The molecule has 0 heterocycles. The lowest BCUT2D eigenvalue weighted by molar-refractivity contribution is -0.159. The van der Waals surface area contributed by atoms with Gasteiger partial charge in [0, 0.05) is 8.07 Å². The molecule has 1 atom stereocenters. The number of esters is 2. The van der Waals surface area contributed by atoms with Gasteiger partial charge in [-0.3, -0.25) is 4.79 Å². The minimum absolute atomic E-state index is 0.0521. The van der Waals surface area contributed by atoms with Crippen LogP contribution < -0.4 is 5.32 Å². The van der Waals surface area contributed by atoms with Crippen molar-refractivity contribution in [2.24, 2.45) is 0 Å². The molecular weight excluding hydrogens is 390 g/mol. The molecule has 1 rings (SSSR count). The summed E-state index contributed by atoms with van der Waals surface area (Å²) in [5.41, 5.74) is 0.112. The van der Waals surface area contributed by atoms with Gasteiger partial charge < -0.3 is 19.5 Å². The van der Waals surface area contributed by atoms with Crippen LogP contribution >= 0.6 is 0 Å². The molecule has 0 aliphatic carbocycles. The minimum atomic E-state index is -1.39. The fourth-order valence-electron chi connectivity index (χ4n) is 2.21. The van der Waals surface area contributed by atoms with Gasteiger partial charge in [0.25, 0.3) is 0 Å². The third-order valence-corrected chi connectivity index (χ3v) is 5.38. The molecule has 0 aliphatic heterocycles. The van der Waals surface area contributed by atoms with Crippen LogP contribution in [0.25, 0.3) is 0 Å². The van der Waals surface area contributed by atoms with E-state index >= 15 is 0 Å². The second-order valence-electron chi connectivity index (χ2n) is 9.03. The van der Waals surface area contributed by atoms with Crippen LogP contribution in [0.3, 0.4) is 0 Å². The Morgan fingerprint density at radius 1 is 1.03 bits per heavy atom. The molecule has 1 aromatic carbocycles. The van der Waals surface area contributed by atoms with Crippen molar-refractivity contribution in [2.45, 2.75) is 71.1 Å². The van der Waals surface area contributed by atoms with Crippen molar-refractivity contribution in [2.75, 3.05) is 6.61 Å². The SMILES string of the molecule is CC(C)(C)OC(=O)C[C@H](NC(=O)OCc1ccccc1)C(=O)OCC[Si](C)(C)C. The molecular formula is C21H33NO6Si. The number of carbonyl (C=O) groups is 3. The third kappa shape index (κ3) is 11.9. The van der Waals surface area contributed by atoms with Gasteiger partial charge in [-0.1, -0.05) is 50.0 Å². The Kier molecular flexibility index (Phi) is 9.36. The number of ether oxygens (including phenoxy) is 3. The molecule has 29 heavy (non-hydrogen) atoms. The van der Waals surface area contributed by atoms with Crippen LogP contribution in [0.2, 0.25) is 25.7 Å². The summed E-state index contributed by atoms with van der Waals surface area (Å²) >= 11 is 0. The molecule has 7 nitrogen and oxygen atoms in total. The smallest absolute Gasteiger partial charge is 0.408 e. The number of hydrogen-bond acceptors (Lipinski definition) is 6. The van der Waals surface area contributed by atoms with Crippen LogP contribution in [-0.4, -0.2) is 44.4 Å². The molecule has 0 fully saturated rings. The summed E-state index contributed by atoms with van der Waals surface area (Å²) in [6, 6.07) is 8.77. The molecule has 0 aliphatic rings. The highest BCUT2D eigenvalue weighted by Crippen LogP contribution is 2.12. The first-order valence-corrected chi connectivity index (χ1v) is 13.4.